The Bertz CT molecular complexity index is 805. The molecule has 0 radical (unpaired) electrons. The first kappa shape index (κ1) is 15.2. The summed E-state index contributed by atoms with van der Waals surface area (Å²) in [5, 5.41) is 10.9. The summed E-state index contributed by atoms with van der Waals surface area (Å²) in [6.45, 7) is 6.24. The molecule has 0 saturated heterocycles. The Labute approximate surface area is 134 Å². The predicted octanol–water partition coefficient (Wildman–Crippen LogP) is 1.98. The van der Waals surface area contributed by atoms with Gasteiger partial charge in [0.15, 0.2) is 0 Å². The first-order valence-corrected chi connectivity index (χ1v) is 7.62. The molecule has 1 amide bonds. The van der Waals surface area contributed by atoms with Gasteiger partial charge in [-0.1, -0.05) is 19.9 Å². The average Bonchev–Trinajstić information content (AvgIpc) is 3.13. The first-order valence-electron chi connectivity index (χ1n) is 7.62. The van der Waals surface area contributed by atoms with E-state index in [4.69, 9.17) is 0 Å². The average molecular weight is 312 g/mol. The molecule has 0 aliphatic rings. The van der Waals surface area contributed by atoms with Crippen LogP contribution in [0.1, 0.15) is 31.3 Å². The maximum absolute atomic E-state index is 12.2. The normalized spacial score (nSPS) is 12.7. The zero-order chi connectivity index (χ0) is 16.4. The summed E-state index contributed by atoms with van der Waals surface area (Å²) in [6.07, 6.45) is 3.10. The highest BCUT2D eigenvalue weighted by Gasteiger charge is 2.22. The number of amides is 1. The van der Waals surface area contributed by atoms with E-state index in [-0.39, 0.29) is 24.4 Å². The molecular weight excluding hydrogens is 292 g/mol. The lowest BCUT2D eigenvalue weighted by atomic mass is 10.0. The summed E-state index contributed by atoms with van der Waals surface area (Å²) in [5.41, 5.74) is 3.05. The standard InChI is InChI=1S/C16H20N6O/c1-10(2)15(21-14(23)9-22-17-6-7-18-22)16-19-12-5-4-11(3)8-13(12)20-16/h4-8,10,15H,9H2,1-3H3,(H,19,20)(H,21,23)/t15-/m1/s1. The highest BCUT2D eigenvalue weighted by Crippen LogP contribution is 2.22. The van der Waals surface area contributed by atoms with Gasteiger partial charge in [0, 0.05) is 0 Å². The van der Waals surface area contributed by atoms with Gasteiger partial charge in [-0.25, -0.2) is 4.98 Å². The number of imidazole rings is 1. The molecule has 2 aromatic heterocycles. The Morgan fingerprint density at radius 2 is 2.04 bits per heavy atom. The second-order valence-electron chi connectivity index (χ2n) is 5.99. The molecule has 0 aliphatic carbocycles. The summed E-state index contributed by atoms with van der Waals surface area (Å²) in [4.78, 5) is 21.5. The molecule has 7 heteroatoms. The van der Waals surface area contributed by atoms with Crippen LogP contribution in [0.2, 0.25) is 0 Å². The van der Waals surface area contributed by atoms with Gasteiger partial charge >= 0.3 is 0 Å². The lowest BCUT2D eigenvalue weighted by Crippen LogP contribution is -2.35. The molecule has 23 heavy (non-hydrogen) atoms. The molecule has 2 N–H and O–H groups in total. The van der Waals surface area contributed by atoms with Crippen LogP contribution >= 0.6 is 0 Å². The summed E-state index contributed by atoms with van der Waals surface area (Å²) >= 11 is 0. The van der Waals surface area contributed by atoms with Gasteiger partial charge in [-0.05, 0) is 30.5 Å². The van der Waals surface area contributed by atoms with Crippen LogP contribution in [0.15, 0.2) is 30.6 Å². The van der Waals surface area contributed by atoms with Crippen molar-refractivity contribution in [2.24, 2.45) is 5.92 Å². The monoisotopic (exact) mass is 312 g/mol. The molecule has 120 valence electrons. The van der Waals surface area contributed by atoms with Crippen LogP contribution in [0.4, 0.5) is 0 Å². The van der Waals surface area contributed by atoms with Crippen LogP contribution in [0, 0.1) is 12.8 Å². The van der Waals surface area contributed by atoms with E-state index in [1.165, 1.54) is 10.4 Å². The number of carbonyl (C=O) groups is 1. The van der Waals surface area contributed by atoms with Crippen molar-refractivity contribution in [1.29, 1.82) is 0 Å². The highest BCUT2D eigenvalue weighted by atomic mass is 16.2. The molecular formula is C16H20N6O. The Hall–Kier alpha value is -2.70. The number of carbonyl (C=O) groups excluding carboxylic acids is 1. The van der Waals surface area contributed by atoms with E-state index in [1.54, 1.807) is 12.4 Å². The zero-order valence-corrected chi connectivity index (χ0v) is 13.4. The Morgan fingerprint density at radius 3 is 2.74 bits per heavy atom. The van der Waals surface area contributed by atoms with Crippen molar-refractivity contribution in [3.8, 4) is 0 Å². The van der Waals surface area contributed by atoms with E-state index in [9.17, 15) is 4.79 Å². The number of hydrogen-bond donors (Lipinski definition) is 2. The van der Waals surface area contributed by atoms with Crippen molar-refractivity contribution < 1.29 is 4.79 Å². The highest BCUT2D eigenvalue weighted by molar-refractivity contribution is 5.77. The molecule has 0 saturated carbocycles. The van der Waals surface area contributed by atoms with Gasteiger partial charge in [0.1, 0.15) is 12.4 Å². The lowest BCUT2D eigenvalue weighted by Gasteiger charge is -2.20. The summed E-state index contributed by atoms with van der Waals surface area (Å²) in [7, 11) is 0. The number of hydrogen-bond acceptors (Lipinski definition) is 4. The third-order valence-corrected chi connectivity index (χ3v) is 3.69. The van der Waals surface area contributed by atoms with Gasteiger partial charge in [0.05, 0.1) is 29.5 Å². The Kier molecular flexibility index (Phi) is 4.10. The molecule has 3 aromatic rings. The smallest absolute Gasteiger partial charge is 0.244 e. The van der Waals surface area contributed by atoms with Gasteiger partial charge in [-0.3, -0.25) is 4.79 Å². The Balaban J connectivity index is 1.81. The third kappa shape index (κ3) is 3.39. The molecule has 3 rings (SSSR count). The van der Waals surface area contributed by atoms with E-state index in [0.29, 0.717) is 0 Å². The molecule has 0 unspecified atom stereocenters. The molecule has 0 aliphatic heterocycles. The van der Waals surface area contributed by atoms with Crippen LogP contribution in [-0.4, -0.2) is 30.9 Å². The quantitative estimate of drug-likeness (QED) is 0.754. The topological polar surface area (TPSA) is 88.5 Å². The number of aryl methyl sites for hydroxylation is 1. The first-order chi connectivity index (χ1) is 11.0. The lowest BCUT2D eigenvalue weighted by molar-refractivity contribution is -0.123. The second kappa shape index (κ2) is 6.20. The minimum atomic E-state index is -0.189. The van der Waals surface area contributed by atoms with Crippen molar-refractivity contribution in [1.82, 2.24) is 30.3 Å². The number of nitrogens with one attached hydrogen (secondary N) is 2. The maximum atomic E-state index is 12.2. The number of aromatic amines is 1. The van der Waals surface area contributed by atoms with E-state index in [0.717, 1.165) is 16.9 Å². The number of rotatable bonds is 5. The summed E-state index contributed by atoms with van der Waals surface area (Å²) in [6, 6.07) is 5.88. The minimum Gasteiger partial charge on any atom is -0.344 e. The van der Waals surface area contributed by atoms with Crippen LogP contribution in [0.5, 0.6) is 0 Å². The van der Waals surface area contributed by atoms with Crippen LogP contribution < -0.4 is 5.32 Å². The number of benzene rings is 1. The molecule has 1 aromatic carbocycles. The number of fused-ring (bicyclic) bond motifs is 1. The zero-order valence-electron chi connectivity index (χ0n) is 13.4. The van der Waals surface area contributed by atoms with Gasteiger partial charge in [-0.15, -0.1) is 0 Å². The van der Waals surface area contributed by atoms with Gasteiger partial charge in [0.2, 0.25) is 5.91 Å². The summed E-state index contributed by atoms with van der Waals surface area (Å²) < 4.78 is 0. The van der Waals surface area contributed by atoms with Crippen molar-refractivity contribution >= 4 is 16.9 Å². The van der Waals surface area contributed by atoms with E-state index in [2.05, 4.69) is 45.4 Å². The SMILES string of the molecule is Cc1ccc2nc([C@H](NC(=O)Cn3nccn3)C(C)C)[nH]c2c1. The van der Waals surface area contributed by atoms with Crippen molar-refractivity contribution in [2.75, 3.05) is 0 Å². The van der Waals surface area contributed by atoms with E-state index in [1.807, 2.05) is 19.1 Å². The minimum absolute atomic E-state index is 0.0928. The van der Waals surface area contributed by atoms with Crippen molar-refractivity contribution in [3.05, 3.63) is 42.0 Å². The van der Waals surface area contributed by atoms with Crippen LogP contribution in [0.3, 0.4) is 0 Å². The molecule has 0 bridgehead atoms. The predicted molar refractivity (Wildman–Crippen MR) is 86.6 cm³/mol. The largest absolute Gasteiger partial charge is 0.344 e. The van der Waals surface area contributed by atoms with Gasteiger partial charge < -0.3 is 10.3 Å². The fourth-order valence-corrected chi connectivity index (χ4v) is 2.51. The molecule has 2 heterocycles. The van der Waals surface area contributed by atoms with Gasteiger partial charge in [-0.2, -0.15) is 15.0 Å². The van der Waals surface area contributed by atoms with Crippen molar-refractivity contribution in [2.45, 2.75) is 33.4 Å². The maximum Gasteiger partial charge on any atom is 0.244 e. The fraction of sp³-hybridized carbons (Fsp3) is 0.375. The summed E-state index contributed by atoms with van der Waals surface area (Å²) in [5.74, 6) is 0.824. The van der Waals surface area contributed by atoms with E-state index < -0.39 is 0 Å². The molecule has 1 atom stereocenters. The fourth-order valence-electron chi connectivity index (χ4n) is 2.51. The number of aromatic nitrogens is 5. The number of nitrogens with zero attached hydrogens (tertiary/aromatic N) is 4. The van der Waals surface area contributed by atoms with Crippen molar-refractivity contribution in [3.63, 3.8) is 0 Å². The van der Waals surface area contributed by atoms with Crippen LogP contribution in [0.25, 0.3) is 11.0 Å². The molecule has 7 nitrogen and oxygen atoms in total. The van der Waals surface area contributed by atoms with E-state index >= 15 is 0 Å². The van der Waals surface area contributed by atoms with Gasteiger partial charge in [0.25, 0.3) is 0 Å². The molecule has 0 spiro atoms. The molecule has 0 fully saturated rings. The Morgan fingerprint density at radius 1 is 1.30 bits per heavy atom. The number of H-pyrrole nitrogens is 1. The third-order valence-electron chi connectivity index (χ3n) is 3.69. The second-order valence-corrected chi connectivity index (χ2v) is 5.99. The van der Waals surface area contributed by atoms with Crippen LogP contribution in [-0.2, 0) is 11.3 Å².